The van der Waals surface area contributed by atoms with Crippen LogP contribution in [0.3, 0.4) is 0 Å². The maximum absolute atomic E-state index is 12.0. The van der Waals surface area contributed by atoms with E-state index in [2.05, 4.69) is 39.2 Å². The molecule has 0 spiro atoms. The third kappa shape index (κ3) is 3.59. The van der Waals surface area contributed by atoms with Crippen molar-refractivity contribution in [1.82, 2.24) is 15.0 Å². The topological polar surface area (TPSA) is 58.6 Å². The van der Waals surface area contributed by atoms with Crippen LogP contribution in [0.4, 0.5) is 0 Å². The van der Waals surface area contributed by atoms with Crippen LogP contribution in [0.15, 0.2) is 90.0 Å². The van der Waals surface area contributed by atoms with Crippen molar-refractivity contribution in [2.75, 3.05) is 0 Å². The predicted molar refractivity (Wildman–Crippen MR) is 103 cm³/mol. The highest BCUT2D eigenvalue weighted by Gasteiger charge is 2.06. The Labute approximate surface area is 151 Å². The molecule has 0 aliphatic rings. The van der Waals surface area contributed by atoms with Crippen molar-refractivity contribution >= 4 is 0 Å². The highest BCUT2D eigenvalue weighted by molar-refractivity contribution is 5.64. The van der Waals surface area contributed by atoms with E-state index in [1.807, 2.05) is 42.5 Å². The molecule has 126 valence electrons. The second kappa shape index (κ2) is 7.15. The lowest BCUT2D eigenvalue weighted by Gasteiger charge is -2.07. The molecule has 0 radical (unpaired) electrons. The van der Waals surface area contributed by atoms with Gasteiger partial charge in [0.1, 0.15) is 5.82 Å². The molecule has 2 aromatic carbocycles. The van der Waals surface area contributed by atoms with Gasteiger partial charge in [0.05, 0.1) is 5.69 Å². The molecule has 0 saturated heterocycles. The average Bonchev–Trinajstić information content (AvgIpc) is 2.69. The number of nitrogens with one attached hydrogen (secondary N) is 1. The lowest BCUT2D eigenvalue weighted by Crippen LogP contribution is -2.11. The smallest absolute Gasteiger partial charge is 0.273 e. The zero-order valence-electron chi connectivity index (χ0n) is 14.1. The van der Waals surface area contributed by atoms with Crippen LogP contribution in [-0.2, 0) is 6.42 Å². The minimum atomic E-state index is -0.246. The molecule has 0 atom stereocenters. The fourth-order valence-electron chi connectivity index (χ4n) is 2.96. The Kier molecular flexibility index (Phi) is 4.39. The molecular weight excluding hydrogens is 322 g/mol. The molecule has 0 fully saturated rings. The zero-order chi connectivity index (χ0) is 17.8. The molecule has 0 amide bonds. The molecule has 0 saturated carbocycles. The number of hydrogen-bond donors (Lipinski definition) is 1. The third-order valence-electron chi connectivity index (χ3n) is 4.19. The summed E-state index contributed by atoms with van der Waals surface area (Å²) in [6.45, 7) is 0. The molecule has 2 aromatic heterocycles. The number of benzene rings is 2. The van der Waals surface area contributed by atoms with E-state index >= 15 is 0 Å². The van der Waals surface area contributed by atoms with Crippen LogP contribution in [-0.4, -0.2) is 15.0 Å². The Balaban J connectivity index is 1.66. The van der Waals surface area contributed by atoms with Gasteiger partial charge in [0.25, 0.3) is 5.56 Å². The normalized spacial score (nSPS) is 10.6. The van der Waals surface area contributed by atoms with Gasteiger partial charge < -0.3 is 4.98 Å². The van der Waals surface area contributed by atoms with Crippen molar-refractivity contribution in [3.63, 3.8) is 0 Å². The van der Waals surface area contributed by atoms with Crippen LogP contribution in [0, 0.1) is 0 Å². The Hall–Kier alpha value is -3.53. The van der Waals surface area contributed by atoms with Crippen LogP contribution >= 0.6 is 0 Å². The summed E-state index contributed by atoms with van der Waals surface area (Å²) in [5.41, 5.74) is 4.84. The maximum atomic E-state index is 12.0. The predicted octanol–water partition coefficient (Wildman–Crippen LogP) is 4.09. The molecule has 0 bridgehead atoms. The summed E-state index contributed by atoms with van der Waals surface area (Å²) in [5, 5.41) is 0. The molecule has 4 heteroatoms. The van der Waals surface area contributed by atoms with E-state index in [0.717, 1.165) is 22.4 Å². The first-order valence-corrected chi connectivity index (χ1v) is 8.43. The third-order valence-corrected chi connectivity index (χ3v) is 4.19. The van der Waals surface area contributed by atoms with Gasteiger partial charge in [-0.1, -0.05) is 54.6 Å². The Morgan fingerprint density at radius 3 is 2.35 bits per heavy atom. The van der Waals surface area contributed by atoms with E-state index in [1.165, 1.54) is 11.6 Å². The van der Waals surface area contributed by atoms with Gasteiger partial charge in [-0.25, -0.2) is 0 Å². The second-order valence-corrected chi connectivity index (χ2v) is 6.06. The molecular formula is C22H17N3O. The molecule has 4 nitrogen and oxygen atoms in total. The van der Waals surface area contributed by atoms with Crippen molar-refractivity contribution in [3.8, 4) is 22.4 Å². The monoisotopic (exact) mass is 339 g/mol. The first-order valence-electron chi connectivity index (χ1n) is 8.43. The van der Waals surface area contributed by atoms with E-state index in [-0.39, 0.29) is 5.56 Å². The van der Waals surface area contributed by atoms with E-state index in [9.17, 15) is 4.79 Å². The van der Waals surface area contributed by atoms with Crippen LogP contribution in [0.2, 0.25) is 0 Å². The molecule has 0 aliphatic carbocycles. The van der Waals surface area contributed by atoms with Crippen LogP contribution in [0.5, 0.6) is 0 Å². The minimum absolute atomic E-state index is 0.246. The maximum Gasteiger partial charge on any atom is 0.273 e. The standard InChI is InChI=1S/C22H17N3O/c26-22-15-20(18-9-11-23-12-10-18)24-21(25-22)14-16-5-4-8-19(13-16)17-6-2-1-3-7-17/h1-13,15H,14H2,(H,24,25,26). The molecule has 0 unspecified atom stereocenters. The zero-order valence-corrected chi connectivity index (χ0v) is 14.1. The van der Waals surface area contributed by atoms with Gasteiger partial charge in [-0.3, -0.25) is 9.78 Å². The molecule has 4 rings (SSSR count). The van der Waals surface area contributed by atoms with Gasteiger partial charge in [-0.05, 0) is 28.8 Å². The number of pyridine rings is 1. The van der Waals surface area contributed by atoms with Gasteiger partial charge in [0, 0.05) is 30.4 Å². The van der Waals surface area contributed by atoms with E-state index in [0.29, 0.717) is 12.2 Å². The number of nitrogens with zero attached hydrogens (tertiary/aromatic N) is 2. The lowest BCUT2D eigenvalue weighted by atomic mass is 10.0. The molecule has 0 aliphatic heterocycles. The summed E-state index contributed by atoms with van der Waals surface area (Å²) >= 11 is 0. The Morgan fingerprint density at radius 1 is 0.769 bits per heavy atom. The average molecular weight is 339 g/mol. The SMILES string of the molecule is O=c1cc(-c2ccncc2)[nH]c(Cc2cccc(-c3ccccc3)c2)n1. The van der Waals surface area contributed by atoms with Crippen molar-refractivity contribution < 1.29 is 0 Å². The lowest BCUT2D eigenvalue weighted by molar-refractivity contribution is 0.950. The fourth-order valence-corrected chi connectivity index (χ4v) is 2.96. The second-order valence-electron chi connectivity index (χ2n) is 6.06. The Bertz CT molecular complexity index is 1070. The highest BCUT2D eigenvalue weighted by atomic mass is 16.1. The summed E-state index contributed by atoms with van der Waals surface area (Å²) in [5.74, 6) is 0.648. The van der Waals surface area contributed by atoms with E-state index in [4.69, 9.17) is 0 Å². The number of aromatic nitrogens is 3. The summed E-state index contributed by atoms with van der Waals surface area (Å²) in [6, 6.07) is 23.8. The first-order chi connectivity index (χ1) is 12.8. The number of H-pyrrole nitrogens is 1. The number of rotatable bonds is 4. The van der Waals surface area contributed by atoms with Gasteiger partial charge in [-0.2, -0.15) is 4.98 Å². The number of aromatic amines is 1. The van der Waals surface area contributed by atoms with Crippen molar-refractivity contribution in [1.29, 1.82) is 0 Å². The van der Waals surface area contributed by atoms with Crippen LogP contribution in [0.25, 0.3) is 22.4 Å². The quantitative estimate of drug-likeness (QED) is 0.609. The van der Waals surface area contributed by atoms with Crippen LogP contribution < -0.4 is 5.56 Å². The highest BCUT2D eigenvalue weighted by Crippen LogP contribution is 2.21. The summed E-state index contributed by atoms with van der Waals surface area (Å²) in [7, 11) is 0. The first kappa shape index (κ1) is 16.0. The van der Waals surface area contributed by atoms with Crippen LogP contribution in [0.1, 0.15) is 11.4 Å². The summed E-state index contributed by atoms with van der Waals surface area (Å²) < 4.78 is 0. The minimum Gasteiger partial charge on any atom is -0.343 e. The molecule has 2 heterocycles. The largest absolute Gasteiger partial charge is 0.343 e. The van der Waals surface area contributed by atoms with E-state index in [1.54, 1.807) is 12.4 Å². The molecule has 1 N–H and O–H groups in total. The van der Waals surface area contributed by atoms with Gasteiger partial charge in [-0.15, -0.1) is 0 Å². The summed E-state index contributed by atoms with van der Waals surface area (Å²) in [4.78, 5) is 23.4. The Morgan fingerprint density at radius 2 is 1.54 bits per heavy atom. The number of hydrogen-bond acceptors (Lipinski definition) is 3. The van der Waals surface area contributed by atoms with Gasteiger partial charge >= 0.3 is 0 Å². The van der Waals surface area contributed by atoms with Gasteiger partial charge in [0.15, 0.2) is 0 Å². The van der Waals surface area contributed by atoms with Gasteiger partial charge in [0.2, 0.25) is 0 Å². The van der Waals surface area contributed by atoms with Crippen molar-refractivity contribution in [2.24, 2.45) is 0 Å². The van der Waals surface area contributed by atoms with Crippen molar-refractivity contribution in [2.45, 2.75) is 6.42 Å². The fraction of sp³-hybridized carbons (Fsp3) is 0.0455. The van der Waals surface area contributed by atoms with Crippen molar-refractivity contribution in [3.05, 3.63) is 107 Å². The summed E-state index contributed by atoms with van der Waals surface area (Å²) in [6.07, 6.45) is 3.98. The molecule has 26 heavy (non-hydrogen) atoms. The van der Waals surface area contributed by atoms with E-state index < -0.39 is 0 Å². The molecule has 4 aromatic rings.